The minimum absolute atomic E-state index is 0.0167. The van der Waals surface area contributed by atoms with Crippen LogP contribution in [0.3, 0.4) is 0 Å². The summed E-state index contributed by atoms with van der Waals surface area (Å²) in [5, 5.41) is 14.3. The number of rotatable bonds is 6. The van der Waals surface area contributed by atoms with Crippen molar-refractivity contribution in [1.82, 2.24) is 19.7 Å². The zero-order valence-electron chi connectivity index (χ0n) is 17.2. The van der Waals surface area contributed by atoms with Crippen LogP contribution in [0.4, 0.5) is 19.1 Å². The number of nitrogens with zero attached hydrogens (tertiary/aromatic N) is 4. The smallest absolute Gasteiger partial charge is 0.390 e. The second-order valence-electron chi connectivity index (χ2n) is 7.75. The lowest BCUT2D eigenvalue weighted by Crippen LogP contribution is -2.22. The number of alkyl halides is 3. The third-order valence-corrected chi connectivity index (χ3v) is 4.82. The fraction of sp³-hybridized carbons (Fsp3) is 0.450. The number of aromatic amines is 1. The number of halogens is 3. The lowest BCUT2D eigenvalue weighted by molar-refractivity contribution is -0.127. The van der Waals surface area contributed by atoms with Crippen molar-refractivity contribution in [2.45, 2.75) is 39.1 Å². The summed E-state index contributed by atoms with van der Waals surface area (Å²) in [5.74, 6) is 0.318. The zero-order chi connectivity index (χ0) is 22.2. The molecule has 1 atom stereocenters. The van der Waals surface area contributed by atoms with E-state index in [-0.39, 0.29) is 22.6 Å². The van der Waals surface area contributed by atoms with Crippen molar-refractivity contribution in [3.05, 3.63) is 51.4 Å². The maximum Gasteiger partial charge on any atom is 0.393 e. The van der Waals surface area contributed by atoms with Gasteiger partial charge in [0.05, 0.1) is 19.1 Å². The molecule has 1 aromatic carbocycles. The van der Waals surface area contributed by atoms with E-state index in [9.17, 15) is 23.1 Å². The van der Waals surface area contributed by atoms with Crippen LogP contribution >= 0.6 is 0 Å². The molecule has 0 radical (unpaired) electrons. The molecule has 30 heavy (non-hydrogen) atoms. The van der Waals surface area contributed by atoms with Gasteiger partial charge in [0.25, 0.3) is 5.56 Å². The first-order valence-corrected chi connectivity index (χ1v) is 9.47. The summed E-state index contributed by atoms with van der Waals surface area (Å²) in [4.78, 5) is 21.4. The van der Waals surface area contributed by atoms with Gasteiger partial charge in [-0.3, -0.25) is 9.78 Å². The highest BCUT2D eigenvalue weighted by Crippen LogP contribution is 2.31. The largest absolute Gasteiger partial charge is 0.393 e. The number of benzene rings is 1. The molecule has 0 spiro atoms. The Labute approximate surface area is 171 Å². The van der Waals surface area contributed by atoms with Crippen molar-refractivity contribution in [2.75, 3.05) is 19.0 Å². The van der Waals surface area contributed by atoms with Gasteiger partial charge in [0.15, 0.2) is 5.65 Å². The predicted octanol–water partition coefficient (Wildman–Crippen LogP) is 3.03. The summed E-state index contributed by atoms with van der Waals surface area (Å²) >= 11 is 0. The standard InChI is InChI=1S/C20H24F3N5O2/c1-11(2)16(13-7-5-12(6-8-13)9-20(21,22)23)28-17-15(14(10-29)26-28)18(30)25-19(24-17)27(3)4/h5-8,11,16,29H,9-10H2,1-4H3,(H,24,25,30)/t16-/m1/s1. The molecule has 2 N–H and O–H groups in total. The minimum atomic E-state index is -4.28. The monoisotopic (exact) mass is 423 g/mol. The number of anilines is 1. The lowest BCUT2D eigenvalue weighted by atomic mass is 9.95. The highest BCUT2D eigenvalue weighted by molar-refractivity contribution is 5.78. The predicted molar refractivity (Wildman–Crippen MR) is 108 cm³/mol. The van der Waals surface area contributed by atoms with E-state index in [1.807, 2.05) is 13.8 Å². The molecule has 0 saturated heterocycles. The summed E-state index contributed by atoms with van der Waals surface area (Å²) in [6.45, 7) is 3.45. The lowest BCUT2D eigenvalue weighted by Gasteiger charge is -2.23. The van der Waals surface area contributed by atoms with Crippen molar-refractivity contribution in [2.24, 2.45) is 5.92 Å². The van der Waals surface area contributed by atoms with Gasteiger partial charge < -0.3 is 10.0 Å². The van der Waals surface area contributed by atoms with E-state index in [4.69, 9.17) is 0 Å². The molecule has 0 bridgehead atoms. The van der Waals surface area contributed by atoms with E-state index in [0.29, 0.717) is 11.6 Å². The number of aliphatic hydroxyl groups is 1. The van der Waals surface area contributed by atoms with E-state index < -0.39 is 30.8 Å². The molecule has 0 amide bonds. The fourth-order valence-electron chi connectivity index (χ4n) is 3.49. The van der Waals surface area contributed by atoms with Gasteiger partial charge in [0.1, 0.15) is 11.1 Å². The molecule has 0 fully saturated rings. The zero-order valence-corrected chi connectivity index (χ0v) is 17.2. The maximum absolute atomic E-state index is 12.7. The number of hydrogen-bond acceptors (Lipinski definition) is 5. The maximum atomic E-state index is 12.7. The van der Waals surface area contributed by atoms with Crippen molar-refractivity contribution < 1.29 is 18.3 Å². The molecule has 0 aliphatic rings. The first-order chi connectivity index (χ1) is 14.0. The van der Waals surface area contributed by atoms with Gasteiger partial charge in [-0.2, -0.15) is 23.3 Å². The Kier molecular flexibility index (Phi) is 5.89. The van der Waals surface area contributed by atoms with Crippen LogP contribution in [0.25, 0.3) is 11.0 Å². The van der Waals surface area contributed by atoms with Gasteiger partial charge in [-0.25, -0.2) is 4.68 Å². The van der Waals surface area contributed by atoms with E-state index in [0.717, 1.165) is 5.56 Å². The molecule has 3 rings (SSSR count). The first kappa shape index (κ1) is 21.8. The Morgan fingerprint density at radius 1 is 1.20 bits per heavy atom. The number of nitrogens with one attached hydrogen (secondary N) is 1. The topological polar surface area (TPSA) is 87.0 Å². The molecule has 3 aromatic rings. The Morgan fingerprint density at radius 3 is 2.33 bits per heavy atom. The number of aromatic nitrogens is 4. The molecule has 2 aromatic heterocycles. The molecule has 0 saturated carbocycles. The van der Waals surface area contributed by atoms with Crippen LogP contribution in [-0.4, -0.2) is 45.1 Å². The average Bonchev–Trinajstić information content (AvgIpc) is 3.01. The minimum Gasteiger partial charge on any atom is -0.390 e. The van der Waals surface area contributed by atoms with Crippen LogP contribution in [-0.2, 0) is 13.0 Å². The molecule has 0 aliphatic heterocycles. The Hall–Kier alpha value is -2.88. The molecular formula is C20H24F3N5O2. The van der Waals surface area contributed by atoms with E-state index in [1.165, 1.54) is 12.1 Å². The van der Waals surface area contributed by atoms with E-state index in [1.54, 1.807) is 35.8 Å². The third kappa shape index (κ3) is 4.33. The number of hydrogen-bond donors (Lipinski definition) is 2. The van der Waals surface area contributed by atoms with E-state index in [2.05, 4.69) is 15.1 Å². The van der Waals surface area contributed by atoms with Crippen molar-refractivity contribution in [3.63, 3.8) is 0 Å². The number of fused-ring (bicyclic) bond motifs is 1. The molecule has 162 valence electrons. The third-order valence-electron chi connectivity index (χ3n) is 4.82. The first-order valence-electron chi connectivity index (χ1n) is 9.47. The molecule has 7 nitrogen and oxygen atoms in total. The Morgan fingerprint density at radius 2 is 1.83 bits per heavy atom. The van der Waals surface area contributed by atoms with Gasteiger partial charge >= 0.3 is 6.18 Å². The van der Waals surface area contributed by atoms with Gasteiger partial charge in [-0.15, -0.1) is 0 Å². The molecule has 0 unspecified atom stereocenters. The van der Waals surface area contributed by atoms with Crippen molar-refractivity contribution >= 4 is 17.0 Å². The van der Waals surface area contributed by atoms with Crippen LogP contribution in [0.1, 0.15) is 36.7 Å². The molecule has 10 heteroatoms. The van der Waals surface area contributed by atoms with Crippen LogP contribution in [0, 0.1) is 5.92 Å². The summed E-state index contributed by atoms with van der Waals surface area (Å²) in [6.07, 6.45) is -5.27. The highest BCUT2D eigenvalue weighted by atomic mass is 19.4. The molecule has 2 heterocycles. The van der Waals surface area contributed by atoms with Gasteiger partial charge in [0, 0.05) is 14.1 Å². The van der Waals surface area contributed by atoms with Gasteiger partial charge in [-0.1, -0.05) is 38.1 Å². The molecular weight excluding hydrogens is 399 g/mol. The normalized spacial score (nSPS) is 13.2. The van der Waals surface area contributed by atoms with Crippen LogP contribution in [0.15, 0.2) is 29.1 Å². The average molecular weight is 423 g/mol. The molecule has 0 aliphatic carbocycles. The second-order valence-corrected chi connectivity index (χ2v) is 7.75. The van der Waals surface area contributed by atoms with E-state index >= 15 is 0 Å². The Balaban J connectivity index is 2.16. The van der Waals surface area contributed by atoms with Crippen LogP contribution < -0.4 is 10.5 Å². The highest BCUT2D eigenvalue weighted by Gasteiger charge is 2.29. The SMILES string of the molecule is CC(C)[C@H](c1ccc(CC(F)(F)F)cc1)n1nc(CO)c2c(=O)[nH]c(N(C)C)nc21. The van der Waals surface area contributed by atoms with Gasteiger partial charge in [0.2, 0.25) is 5.95 Å². The number of aliphatic hydroxyl groups excluding tert-OH is 1. The van der Waals surface area contributed by atoms with Crippen molar-refractivity contribution in [1.29, 1.82) is 0 Å². The summed E-state index contributed by atoms with van der Waals surface area (Å²) < 4.78 is 39.6. The second kappa shape index (κ2) is 8.10. The van der Waals surface area contributed by atoms with Crippen LogP contribution in [0.5, 0.6) is 0 Å². The van der Waals surface area contributed by atoms with Crippen molar-refractivity contribution in [3.8, 4) is 0 Å². The fourth-order valence-corrected chi connectivity index (χ4v) is 3.49. The summed E-state index contributed by atoms with van der Waals surface area (Å²) in [7, 11) is 3.47. The summed E-state index contributed by atoms with van der Waals surface area (Å²) in [6, 6.07) is 5.78. The van der Waals surface area contributed by atoms with Crippen LogP contribution in [0.2, 0.25) is 0 Å². The quantitative estimate of drug-likeness (QED) is 0.637. The Bertz CT molecular complexity index is 1080. The van der Waals surface area contributed by atoms with Gasteiger partial charge in [-0.05, 0) is 17.0 Å². The number of H-pyrrole nitrogens is 1. The summed E-state index contributed by atoms with van der Waals surface area (Å²) in [5.41, 5.74) is 0.993.